The Morgan fingerprint density at radius 2 is 1.59 bits per heavy atom. The first-order valence-corrected chi connectivity index (χ1v) is 12.1. The highest BCUT2D eigenvalue weighted by atomic mass is 32.2. The van der Waals surface area contributed by atoms with Crippen molar-refractivity contribution in [3.63, 3.8) is 0 Å². The SMILES string of the molecule is CCOc1ccc(/C=N\NC(=O)CN(c2ccccc2OCC)S(C)(=O)=O)cc1OCC. The maximum atomic E-state index is 12.4. The minimum absolute atomic E-state index is 0.281. The number of carbonyl (C=O) groups excluding carboxylic acids is 1. The Bertz CT molecular complexity index is 1040. The lowest BCUT2D eigenvalue weighted by Gasteiger charge is -2.23. The van der Waals surface area contributed by atoms with Crippen LogP contribution in [0.3, 0.4) is 0 Å². The van der Waals surface area contributed by atoms with Gasteiger partial charge in [-0.05, 0) is 56.7 Å². The number of nitrogens with zero attached hydrogens (tertiary/aromatic N) is 2. The van der Waals surface area contributed by atoms with Crippen molar-refractivity contribution in [2.75, 3.05) is 36.9 Å². The van der Waals surface area contributed by atoms with Crippen LogP contribution in [0.1, 0.15) is 26.3 Å². The van der Waals surface area contributed by atoms with Gasteiger partial charge in [0.2, 0.25) is 10.0 Å². The largest absolute Gasteiger partial charge is 0.492 e. The van der Waals surface area contributed by atoms with Crippen molar-refractivity contribution in [1.29, 1.82) is 0 Å². The first-order valence-electron chi connectivity index (χ1n) is 10.2. The van der Waals surface area contributed by atoms with Crippen LogP contribution in [-0.2, 0) is 14.8 Å². The number of hydrogen-bond donors (Lipinski definition) is 1. The number of hydrazone groups is 1. The van der Waals surface area contributed by atoms with Crippen molar-refractivity contribution in [3.05, 3.63) is 48.0 Å². The minimum Gasteiger partial charge on any atom is -0.492 e. The maximum Gasteiger partial charge on any atom is 0.260 e. The highest BCUT2D eigenvalue weighted by molar-refractivity contribution is 7.92. The Morgan fingerprint density at radius 3 is 2.25 bits per heavy atom. The number of ether oxygens (including phenoxy) is 3. The third-order valence-electron chi connectivity index (χ3n) is 4.09. The third kappa shape index (κ3) is 7.16. The van der Waals surface area contributed by atoms with E-state index in [0.29, 0.717) is 42.6 Å². The molecule has 1 N–H and O–H groups in total. The van der Waals surface area contributed by atoms with Gasteiger partial charge in [-0.1, -0.05) is 12.1 Å². The fourth-order valence-electron chi connectivity index (χ4n) is 2.81. The Hall–Kier alpha value is -3.27. The minimum atomic E-state index is -3.74. The number of carbonyl (C=O) groups is 1. The van der Waals surface area contributed by atoms with Gasteiger partial charge in [-0.2, -0.15) is 5.10 Å². The molecular weight excluding hydrogens is 434 g/mol. The fourth-order valence-corrected chi connectivity index (χ4v) is 3.67. The Morgan fingerprint density at radius 1 is 0.969 bits per heavy atom. The van der Waals surface area contributed by atoms with Gasteiger partial charge in [-0.15, -0.1) is 0 Å². The molecule has 0 aromatic heterocycles. The summed E-state index contributed by atoms with van der Waals surface area (Å²) in [6.45, 7) is 6.43. The number of para-hydroxylation sites is 2. The van der Waals surface area contributed by atoms with Gasteiger partial charge < -0.3 is 14.2 Å². The third-order valence-corrected chi connectivity index (χ3v) is 5.22. The Balaban J connectivity index is 2.13. The molecule has 2 aromatic carbocycles. The molecule has 9 nitrogen and oxygen atoms in total. The number of anilines is 1. The zero-order chi connectivity index (χ0) is 23.6. The van der Waals surface area contributed by atoms with Crippen molar-refractivity contribution in [3.8, 4) is 17.2 Å². The molecule has 0 saturated heterocycles. The van der Waals surface area contributed by atoms with Gasteiger partial charge in [0.25, 0.3) is 5.91 Å². The quantitative estimate of drug-likeness (QED) is 0.383. The fraction of sp³-hybridized carbons (Fsp3) is 0.364. The summed E-state index contributed by atoms with van der Waals surface area (Å²) in [5.74, 6) is 0.955. The summed E-state index contributed by atoms with van der Waals surface area (Å²) in [5, 5.41) is 3.93. The second-order valence-corrected chi connectivity index (χ2v) is 8.44. The lowest BCUT2D eigenvalue weighted by molar-refractivity contribution is -0.119. The van der Waals surface area contributed by atoms with E-state index in [1.54, 1.807) is 49.4 Å². The van der Waals surface area contributed by atoms with E-state index in [-0.39, 0.29) is 5.69 Å². The van der Waals surface area contributed by atoms with E-state index in [4.69, 9.17) is 14.2 Å². The van der Waals surface area contributed by atoms with Crippen molar-refractivity contribution >= 4 is 27.8 Å². The average Bonchev–Trinajstić information content (AvgIpc) is 2.74. The molecule has 0 fully saturated rings. The van der Waals surface area contributed by atoms with Crippen LogP contribution in [0, 0.1) is 0 Å². The Labute approximate surface area is 189 Å². The normalized spacial score (nSPS) is 11.2. The van der Waals surface area contributed by atoms with Crippen LogP contribution >= 0.6 is 0 Å². The molecular formula is C22H29N3O6S. The summed E-state index contributed by atoms with van der Waals surface area (Å²) in [5.41, 5.74) is 3.32. The standard InChI is InChI=1S/C22H29N3O6S/c1-5-29-19-11-9-8-10-18(19)25(32(4,27)28)16-22(26)24-23-15-17-12-13-20(30-6-2)21(14-17)31-7-3/h8-15H,5-7,16H2,1-4H3,(H,24,26)/b23-15-. The zero-order valence-corrected chi connectivity index (χ0v) is 19.5. The van der Waals surface area contributed by atoms with E-state index in [0.717, 1.165) is 10.6 Å². The van der Waals surface area contributed by atoms with Crippen LogP contribution in [0.4, 0.5) is 5.69 Å². The number of benzene rings is 2. The topological polar surface area (TPSA) is 107 Å². The molecule has 0 atom stereocenters. The molecule has 10 heteroatoms. The molecule has 32 heavy (non-hydrogen) atoms. The zero-order valence-electron chi connectivity index (χ0n) is 18.7. The van der Waals surface area contributed by atoms with Crippen LogP contribution < -0.4 is 23.9 Å². The van der Waals surface area contributed by atoms with Crippen molar-refractivity contribution in [2.45, 2.75) is 20.8 Å². The predicted molar refractivity (Wildman–Crippen MR) is 124 cm³/mol. The lowest BCUT2D eigenvalue weighted by Crippen LogP contribution is -2.39. The molecule has 0 aliphatic rings. The molecule has 0 spiro atoms. The second kappa shape index (κ2) is 11.9. The van der Waals surface area contributed by atoms with Crippen molar-refractivity contribution < 1.29 is 27.4 Å². The highest BCUT2D eigenvalue weighted by Gasteiger charge is 2.23. The van der Waals surface area contributed by atoms with Gasteiger partial charge in [0.15, 0.2) is 11.5 Å². The molecule has 0 saturated carbocycles. The average molecular weight is 464 g/mol. The predicted octanol–water partition coefficient (Wildman–Crippen LogP) is 2.80. The molecule has 0 bridgehead atoms. The first kappa shape index (κ1) is 25.0. The van der Waals surface area contributed by atoms with Gasteiger partial charge in [0.1, 0.15) is 12.3 Å². The molecule has 0 aliphatic carbocycles. The van der Waals surface area contributed by atoms with Crippen LogP contribution in [0.25, 0.3) is 0 Å². The number of rotatable bonds is 12. The van der Waals surface area contributed by atoms with Crippen LogP contribution in [0.2, 0.25) is 0 Å². The van der Waals surface area contributed by atoms with Gasteiger partial charge in [-0.3, -0.25) is 9.10 Å². The first-order chi connectivity index (χ1) is 15.3. The molecule has 0 radical (unpaired) electrons. The van der Waals surface area contributed by atoms with E-state index in [1.165, 1.54) is 6.21 Å². The van der Waals surface area contributed by atoms with Crippen molar-refractivity contribution in [2.24, 2.45) is 5.10 Å². The van der Waals surface area contributed by atoms with Crippen molar-refractivity contribution in [1.82, 2.24) is 5.43 Å². The number of sulfonamides is 1. The van der Waals surface area contributed by atoms with Gasteiger partial charge in [0.05, 0.1) is 38.0 Å². The summed E-state index contributed by atoms with van der Waals surface area (Å²) in [7, 11) is -3.74. The Kier molecular flexibility index (Phi) is 9.33. The summed E-state index contributed by atoms with van der Waals surface area (Å²) < 4.78 is 42.2. The van der Waals surface area contributed by atoms with Crippen LogP contribution in [0.15, 0.2) is 47.6 Å². The smallest absolute Gasteiger partial charge is 0.260 e. The molecule has 2 aromatic rings. The highest BCUT2D eigenvalue weighted by Crippen LogP contribution is 2.30. The summed E-state index contributed by atoms with van der Waals surface area (Å²) >= 11 is 0. The van der Waals surface area contributed by atoms with E-state index in [2.05, 4.69) is 10.5 Å². The van der Waals surface area contributed by atoms with E-state index in [9.17, 15) is 13.2 Å². The van der Waals surface area contributed by atoms with E-state index in [1.807, 2.05) is 13.8 Å². The van der Waals surface area contributed by atoms with Crippen LogP contribution in [0.5, 0.6) is 17.2 Å². The summed E-state index contributed by atoms with van der Waals surface area (Å²) in [4.78, 5) is 12.4. The van der Waals surface area contributed by atoms with Gasteiger partial charge in [-0.25, -0.2) is 13.8 Å². The molecule has 0 aliphatic heterocycles. The number of amides is 1. The van der Waals surface area contributed by atoms with E-state index < -0.39 is 22.5 Å². The maximum absolute atomic E-state index is 12.4. The molecule has 1 amide bonds. The summed E-state index contributed by atoms with van der Waals surface area (Å²) in [6.07, 6.45) is 2.47. The van der Waals surface area contributed by atoms with Gasteiger partial charge >= 0.3 is 0 Å². The summed E-state index contributed by atoms with van der Waals surface area (Å²) in [6, 6.07) is 11.9. The number of hydrogen-bond acceptors (Lipinski definition) is 7. The second-order valence-electron chi connectivity index (χ2n) is 6.54. The number of nitrogens with one attached hydrogen (secondary N) is 1. The van der Waals surface area contributed by atoms with Crippen LogP contribution in [-0.4, -0.2) is 53.2 Å². The monoisotopic (exact) mass is 463 g/mol. The van der Waals surface area contributed by atoms with E-state index >= 15 is 0 Å². The molecule has 2 rings (SSSR count). The van der Waals surface area contributed by atoms with Gasteiger partial charge in [0, 0.05) is 0 Å². The molecule has 174 valence electrons. The molecule has 0 heterocycles. The lowest BCUT2D eigenvalue weighted by atomic mass is 10.2. The molecule has 0 unspecified atom stereocenters.